The van der Waals surface area contributed by atoms with Crippen molar-refractivity contribution in [3.63, 3.8) is 0 Å². The summed E-state index contributed by atoms with van der Waals surface area (Å²) in [5.41, 5.74) is 3.16. The van der Waals surface area contributed by atoms with Crippen LogP contribution in [-0.4, -0.2) is 49.0 Å². The number of rotatable bonds is 5. The molecule has 5 rings (SSSR count). The minimum atomic E-state index is -3.48. The Morgan fingerprint density at radius 3 is 2.68 bits per heavy atom. The van der Waals surface area contributed by atoms with E-state index in [1.807, 2.05) is 24.3 Å². The number of nitrogens with zero attached hydrogens (tertiary/aromatic N) is 3. The van der Waals surface area contributed by atoms with Crippen LogP contribution in [0, 0.1) is 0 Å². The van der Waals surface area contributed by atoms with E-state index in [0.717, 1.165) is 36.0 Å². The van der Waals surface area contributed by atoms with Crippen molar-refractivity contribution in [3.05, 3.63) is 48.0 Å². The lowest BCUT2D eigenvalue weighted by Gasteiger charge is -2.26. The van der Waals surface area contributed by atoms with Crippen LogP contribution in [0.15, 0.2) is 57.0 Å². The Bertz CT molecular complexity index is 1200. The van der Waals surface area contributed by atoms with E-state index in [1.54, 1.807) is 27.4 Å². The molecule has 3 aromatic rings. The van der Waals surface area contributed by atoms with Crippen LogP contribution in [0.5, 0.6) is 0 Å². The minimum Gasteiger partial charge on any atom is -0.431 e. The van der Waals surface area contributed by atoms with Crippen molar-refractivity contribution in [3.8, 4) is 0 Å². The molecule has 1 saturated heterocycles. The number of thioether (sulfide) groups is 1. The van der Waals surface area contributed by atoms with E-state index in [2.05, 4.69) is 4.98 Å². The number of oxazole rings is 1. The van der Waals surface area contributed by atoms with E-state index in [-0.39, 0.29) is 11.7 Å². The van der Waals surface area contributed by atoms with Gasteiger partial charge in [0.15, 0.2) is 5.58 Å². The van der Waals surface area contributed by atoms with Gasteiger partial charge in [0.05, 0.1) is 10.6 Å². The van der Waals surface area contributed by atoms with Gasteiger partial charge in [0.1, 0.15) is 5.52 Å². The number of amides is 1. The first kappa shape index (κ1) is 20.5. The summed E-state index contributed by atoms with van der Waals surface area (Å²) in [6, 6.07) is 12.6. The molecule has 3 heterocycles. The quantitative estimate of drug-likeness (QED) is 0.544. The maximum atomic E-state index is 13.0. The summed E-state index contributed by atoms with van der Waals surface area (Å²) in [6.45, 7) is 1.71. The summed E-state index contributed by atoms with van der Waals surface area (Å²) < 4.78 is 33.2. The van der Waals surface area contributed by atoms with E-state index in [0.29, 0.717) is 41.8 Å². The molecule has 0 radical (unpaired) electrons. The molecular formula is C22H23N3O4S2. The predicted molar refractivity (Wildman–Crippen MR) is 120 cm³/mol. The Balaban J connectivity index is 1.29. The zero-order valence-electron chi connectivity index (χ0n) is 17.0. The smallest absolute Gasteiger partial charge is 0.257 e. The van der Waals surface area contributed by atoms with Gasteiger partial charge in [-0.25, -0.2) is 13.4 Å². The van der Waals surface area contributed by atoms with Crippen LogP contribution in [0.1, 0.15) is 24.8 Å². The van der Waals surface area contributed by atoms with Crippen LogP contribution in [0.4, 0.5) is 5.69 Å². The van der Waals surface area contributed by atoms with Gasteiger partial charge >= 0.3 is 0 Å². The van der Waals surface area contributed by atoms with Gasteiger partial charge in [0.25, 0.3) is 5.22 Å². The van der Waals surface area contributed by atoms with E-state index in [9.17, 15) is 13.2 Å². The number of fused-ring (bicyclic) bond motifs is 2. The van der Waals surface area contributed by atoms with Crippen LogP contribution in [0.25, 0.3) is 11.1 Å². The Hall–Kier alpha value is -2.36. The zero-order chi connectivity index (χ0) is 21.4. The molecule has 0 bridgehead atoms. The lowest BCUT2D eigenvalue weighted by Crippen LogP contribution is -2.35. The van der Waals surface area contributed by atoms with Gasteiger partial charge in [0.2, 0.25) is 15.9 Å². The van der Waals surface area contributed by atoms with E-state index in [1.165, 1.54) is 11.8 Å². The molecule has 0 spiro atoms. The summed E-state index contributed by atoms with van der Waals surface area (Å²) >= 11 is 1.27. The fourth-order valence-corrected chi connectivity index (χ4v) is 6.45. The third kappa shape index (κ3) is 3.97. The normalized spacial score (nSPS) is 17.2. The molecule has 2 aromatic carbocycles. The highest BCUT2D eigenvalue weighted by Gasteiger charge is 2.30. The number of benzene rings is 2. The number of hydrogen-bond acceptors (Lipinski definition) is 6. The van der Waals surface area contributed by atoms with Crippen molar-refractivity contribution in [2.45, 2.75) is 35.8 Å². The fourth-order valence-electron chi connectivity index (χ4n) is 4.17. The molecule has 7 nitrogen and oxygen atoms in total. The lowest BCUT2D eigenvalue weighted by atomic mass is 10.2. The molecular weight excluding hydrogens is 434 g/mol. The van der Waals surface area contributed by atoms with Crippen LogP contribution < -0.4 is 4.90 Å². The Morgan fingerprint density at radius 2 is 1.87 bits per heavy atom. The second-order valence-electron chi connectivity index (χ2n) is 7.79. The van der Waals surface area contributed by atoms with Crippen molar-refractivity contribution < 1.29 is 17.6 Å². The molecule has 2 aliphatic heterocycles. The second kappa shape index (κ2) is 8.29. The molecule has 2 aliphatic rings. The minimum absolute atomic E-state index is 0.0438. The highest BCUT2D eigenvalue weighted by Crippen LogP contribution is 2.33. The van der Waals surface area contributed by atoms with Gasteiger partial charge < -0.3 is 9.32 Å². The topological polar surface area (TPSA) is 83.7 Å². The average Bonchev–Trinajstić information content (AvgIpc) is 3.41. The lowest BCUT2D eigenvalue weighted by molar-refractivity contribution is -0.116. The van der Waals surface area contributed by atoms with Gasteiger partial charge in [-0.1, -0.05) is 30.3 Å². The Morgan fingerprint density at radius 1 is 1.06 bits per heavy atom. The average molecular weight is 458 g/mol. The number of anilines is 1. The molecule has 0 aliphatic carbocycles. The first-order chi connectivity index (χ1) is 15.0. The fraction of sp³-hybridized carbons (Fsp3) is 0.364. The largest absolute Gasteiger partial charge is 0.431 e. The number of carbonyl (C=O) groups excluding carboxylic acids is 1. The highest BCUT2D eigenvalue weighted by atomic mass is 32.2. The van der Waals surface area contributed by atoms with Crippen molar-refractivity contribution in [1.29, 1.82) is 0 Å². The molecule has 31 heavy (non-hydrogen) atoms. The molecule has 1 fully saturated rings. The molecule has 0 unspecified atom stereocenters. The molecule has 1 amide bonds. The van der Waals surface area contributed by atoms with E-state index < -0.39 is 10.0 Å². The summed E-state index contributed by atoms with van der Waals surface area (Å²) in [6.07, 6.45) is 3.54. The monoisotopic (exact) mass is 457 g/mol. The standard InChI is InChI=1S/C22H23N3O4S2/c26-21(15-30-22-23-18-6-2-3-7-20(18)29-22)25-13-10-16-14-17(8-9-19(16)25)31(27,28)24-11-4-1-5-12-24/h2-3,6-9,14H,1,4-5,10-13,15H2. The van der Waals surface area contributed by atoms with Gasteiger partial charge in [-0.15, -0.1) is 0 Å². The molecule has 1 aromatic heterocycles. The molecule has 0 saturated carbocycles. The summed E-state index contributed by atoms with van der Waals surface area (Å²) in [5.74, 6) is 0.165. The Kier molecular flexibility index (Phi) is 5.49. The predicted octanol–water partition coefficient (Wildman–Crippen LogP) is 3.68. The highest BCUT2D eigenvalue weighted by molar-refractivity contribution is 7.99. The molecule has 162 valence electrons. The van der Waals surface area contributed by atoms with Gasteiger partial charge in [-0.3, -0.25) is 4.79 Å². The van der Waals surface area contributed by atoms with Gasteiger partial charge in [0, 0.05) is 25.3 Å². The van der Waals surface area contributed by atoms with Gasteiger partial charge in [-0.05, 0) is 55.2 Å². The second-order valence-corrected chi connectivity index (χ2v) is 10.7. The number of sulfonamides is 1. The molecule has 9 heteroatoms. The number of piperidine rings is 1. The third-order valence-corrected chi connectivity index (χ3v) is 8.50. The van der Waals surface area contributed by atoms with E-state index >= 15 is 0 Å². The Labute approximate surface area is 185 Å². The maximum Gasteiger partial charge on any atom is 0.257 e. The SMILES string of the molecule is O=C(CSc1nc2ccccc2o1)N1CCc2cc(S(=O)(=O)N3CCCCC3)ccc21. The summed E-state index contributed by atoms with van der Waals surface area (Å²) in [4.78, 5) is 19.3. The number of aromatic nitrogens is 1. The van der Waals surface area contributed by atoms with Gasteiger partial charge in [-0.2, -0.15) is 4.31 Å². The van der Waals surface area contributed by atoms with Crippen molar-refractivity contribution in [2.75, 3.05) is 30.3 Å². The van der Waals surface area contributed by atoms with Crippen LogP contribution >= 0.6 is 11.8 Å². The number of carbonyl (C=O) groups is 1. The van der Waals surface area contributed by atoms with Crippen LogP contribution in [0.3, 0.4) is 0 Å². The van der Waals surface area contributed by atoms with Crippen LogP contribution in [0.2, 0.25) is 0 Å². The van der Waals surface area contributed by atoms with Crippen LogP contribution in [-0.2, 0) is 21.2 Å². The van der Waals surface area contributed by atoms with Crippen molar-refractivity contribution in [1.82, 2.24) is 9.29 Å². The third-order valence-electron chi connectivity index (χ3n) is 5.79. The van der Waals surface area contributed by atoms with E-state index in [4.69, 9.17) is 4.42 Å². The zero-order valence-corrected chi connectivity index (χ0v) is 18.6. The first-order valence-electron chi connectivity index (χ1n) is 10.4. The van der Waals surface area contributed by atoms with Crippen molar-refractivity contribution >= 4 is 44.5 Å². The molecule has 0 N–H and O–H groups in total. The molecule has 0 atom stereocenters. The first-order valence-corrected chi connectivity index (χ1v) is 12.9. The van der Waals surface area contributed by atoms with Crippen molar-refractivity contribution in [2.24, 2.45) is 0 Å². The summed E-state index contributed by atoms with van der Waals surface area (Å²) in [5, 5.41) is 0.469. The number of hydrogen-bond donors (Lipinski definition) is 0. The maximum absolute atomic E-state index is 13.0. The number of para-hydroxylation sites is 2. The summed E-state index contributed by atoms with van der Waals surface area (Å²) in [7, 11) is -3.48.